The Bertz CT molecular complexity index is 760. The summed E-state index contributed by atoms with van der Waals surface area (Å²) < 4.78 is 1.40. The summed E-state index contributed by atoms with van der Waals surface area (Å²) in [5.41, 5.74) is 1.12. The molecule has 3 rings (SSSR count). The quantitative estimate of drug-likeness (QED) is 0.896. The van der Waals surface area contributed by atoms with Crippen LogP contribution in [0.25, 0.3) is 10.9 Å². The van der Waals surface area contributed by atoms with Crippen LogP contribution in [0.15, 0.2) is 27.8 Å². The highest BCUT2D eigenvalue weighted by Gasteiger charge is 2.25. The van der Waals surface area contributed by atoms with Gasteiger partial charge >= 0.3 is 5.69 Å². The standard InChI is InChI=1S/C15H19N3O2/c1-3-17-8-7-11(9-17)18-14(19)12-6-4-5-10(2)13(12)16-15(18)20/h4-6,11H,3,7-9H2,1-2H3,(H,16,20). The lowest BCUT2D eigenvalue weighted by molar-refractivity contribution is 0.338. The molecule has 1 aromatic heterocycles. The Hall–Kier alpha value is -1.88. The second kappa shape index (κ2) is 4.90. The third-order valence-electron chi connectivity index (χ3n) is 4.23. The van der Waals surface area contributed by atoms with Crippen molar-refractivity contribution in [3.8, 4) is 0 Å². The van der Waals surface area contributed by atoms with E-state index in [4.69, 9.17) is 0 Å². The molecule has 5 nitrogen and oxygen atoms in total. The summed E-state index contributed by atoms with van der Waals surface area (Å²) in [6.07, 6.45) is 0.855. The van der Waals surface area contributed by atoms with Crippen LogP contribution in [-0.2, 0) is 0 Å². The molecule has 1 aliphatic rings. The van der Waals surface area contributed by atoms with Crippen LogP contribution in [0.4, 0.5) is 0 Å². The number of nitrogens with one attached hydrogen (secondary N) is 1. The summed E-state index contributed by atoms with van der Waals surface area (Å²) in [5, 5.41) is 0.597. The number of hydrogen-bond donors (Lipinski definition) is 1. The van der Waals surface area contributed by atoms with Gasteiger partial charge in [-0.25, -0.2) is 4.79 Å². The van der Waals surface area contributed by atoms with Crippen molar-refractivity contribution in [3.63, 3.8) is 0 Å². The summed E-state index contributed by atoms with van der Waals surface area (Å²) in [5.74, 6) is 0. The first kappa shape index (κ1) is 13.1. The molecule has 1 N–H and O–H groups in total. The molecule has 106 valence electrons. The van der Waals surface area contributed by atoms with E-state index in [1.807, 2.05) is 19.1 Å². The molecule has 0 saturated carbocycles. The molecule has 2 heterocycles. The summed E-state index contributed by atoms with van der Waals surface area (Å²) in [7, 11) is 0. The van der Waals surface area contributed by atoms with Crippen LogP contribution in [-0.4, -0.2) is 34.1 Å². The van der Waals surface area contributed by atoms with Crippen LogP contribution >= 0.6 is 0 Å². The second-order valence-corrected chi connectivity index (χ2v) is 5.44. The molecule has 20 heavy (non-hydrogen) atoms. The first-order valence-corrected chi connectivity index (χ1v) is 7.08. The van der Waals surface area contributed by atoms with E-state index in [2.05, 4.69) is 16.8 Å². The summed E-state index contributed by atoms with van der Waals surface area (Å²) >= 11 is 0. The molecular weight excluding hydrogens is 254 g/mol. The van der Waals surface area contributed by atoms with Gasteiger partial charge in [-0.3, -0.25) is 9.36 Å². The number of nitrogens with zero attached hydrogens (tertiary/aromatic N) is 2. The zero-order valence-electron chi connectivity index (χ0n) is 11.8. The largest absolute Gasteiger partial charge is 0.329 e. The van der Waals surface area contributed by atoms with E-state index >= 15 is 0 Å². The van der Waals surface area contributed by atoms with Crippen molar-refractivity contribution in [1.29, 1.82) is 0 Å². The SMILES string of the molecule is CCN1CCC(n2c(=O)[nH]c3c(C)cccc3c2=O)C1. The van der Waals surface area contributed by atoms with E-state index in [1.54, 1.807) is 6.07 Å². The lowest BCUT2D eigenvalue weighted by Gasteiger charge is -2.15. The molecule has 1 aliphatic heterocycles. The number of aromatic nitrogens is 2. The fourth-order valence-electron chi connectivity index (χ4n) is 3.04. The average molecular weight is 273 g/mol. The fraction of sp³-hybridized carbons (Fsp3) is 0.467. The van der Waals surface area contributed by atoms with Crippen molar-refractivity contribution in [1.82, 2.24) is 14.5 Å². The van der Waals surface area contributed by atoms with Crippen molar-refractivity contribution in [3.05, 3.63) is 44.6 Å². The Morgan fingerprint density at radius 1 is 1.35 bits per heavy atom. The first-order valence-electron chi connectivity index (χ1n) is 7.08. The monoisotopic (exact) mass is 273 g/mol. The lowest BCUT2D eigenvalue weighted by atomic mass is 10.1. The normalized spacial score (nSPS) is 19.8. The fourth-order valence-corrected chi connectivity index (χ4v) is 3.04. The number of H-pyrrole nitrogens is 1. The van der Waals surface area contributed by atoms with Crippen LogP contribution in [0, 0.1) is 6.92 Å². The maximum atomic E-state index is 12.6. The van der Waals surface area contributed by atoms with Gasteiger partial charge in [-0.1, -0.05) is 19.1 Å². The number of aromatic amines is 1. The second-order valence-electron chi connectivity index (χ2n) is 5.44. The van der Waals surface area contributed by atoms with Gasteiger partial charge in [0, 0.05) is 13.1 Å². The predicted molar refractivity (Wildman–Crippen MR) is 79.3 cm³/mol. The highest BCUT2D eigenvalue weighted by Crippen LogP contribution is 2.19. The average Bonchev–Trinajstić information content (AvgIpc) is 2.89. The first-order chi connectivity index (χ1) is 9.61. The Morgan fingerprint density at radius 2 is 2.15 bits per heavy atom. The molecule has 2 aromatic rings. The molecule has 1 saturated heterocycles. The molecule has 1 atom stereocenters. The Balaban J connectivity index is 2.18. The summed E-state index contributed by atoms with van der Waals surface area (Å²) in [6.45, 7) is 6.67. The van der Waals surface area contributed by atoms with Crippen molar-refractivity contribution in [2.45, 2.75) is 26.3 Å². The van der Waals surface area contributed by atoms with Gasteiger partial charge in [0.1, 0.15) is 0 Å². The molecule has 1 aromatic carbocycles. The van der Waals surface area contributed by atoms with Crippen molar-refractivity contribution < 1.29 is 0 Å². The molecule has 0 aliphatic carbocycles. The Kier molecular flexibility index (Phi) is 3.22. The maximum absolute atomic E-state index is 12.6. The van der Waals surface area contributed by atoms with Crippen LogP contribution in [0.2, 0.25) is 0 Å². The minimum absolute atomic E-state index is 0.0175. The number of likely N-dealkylation sites (tertiary alicyclic amines) is 1. The molecule has 0 spiro atoms. The topological polar surface area (TPSA) is 58.1 Å². The highest BCUT2D eigenvalue weighted by atomic mass is 16.2. The van der Waals surface area contributed by atoms with E-state index in [-0.39, 0.29) is 17.3 Å². The summed E-state index contributed by atoms with van der Waals surface area (Å²) in [4.78, 5) is 30.0. The van der Waals surface area contributed by atoms with Gasteiger partial charge in [0.25, 0.3) is 5.56 Å². The van der Waals surface area contributed by atoms with Crippen LogP contribution in [0.5, 0.6) is 0 Å². The predicted octanol–water partition coefficient (Wildman–Crippen LogP) is 1.26. The number of para-hydroxylation sites is 1. The maximum Gasteiger partial charge on any atom is 0.329 e. The molecule has 0 amide bonds. The number of aryl methyl sites for hydroxylation is 1. The highest BCUT2D eigenvalue weighted by molar-refractivity contribution is 5.80. The summed E-state index contributed by atoms with van der Waals surface area (Å²) in [6, 6.07) is 5.52. The van der Waals surface area contributed by atoms with Crippen LogP contribution in [0.1, 0.15) is 24.9 Å². The van der Waals surface area contributed by atoms with Gasteiger partial charge in [-0.05, 0) is 31.5 Å². The van der Waals surface area contributed by atoms with Gasteiger partial charge < -0.3 is 9.88 Å². The number of likely N-dealkylation sites (N-methyl/N-ethyl adjacent to an activating group) is 1. The minimum atomic E-state index is -0.292. The third kappa shape index (κ3) is 1.98. The Labute approximate surface area is 116 Å². The van der Waals surface area contributed by atoms with E-state index in [0.29, 0.717) is 10.9 Å². The van der Waals surface area contributed by atoms with Gasteiger partial charge in [0.15, 0.2) is 0 Å². The van der Waals surface area contributed by atoms with Crippen LogP contribution < -0.4 is 11.2 Å². The smallest absolute Gasteiger partial charge is 0.306 e. The molecule has 0 radical (unpaired) electrons. The lowest BCUT2D eigenvalue weighted by Crippen LogP contribution is -2.39. The van der Waals surface area contributed by atoms with E-state index in [9.17, 15) is 9.59 Å². The van der Waals surface area contributed by atoms with Gasteiger partial charge in [-0.15, -0.1) is 0 Å². The van der Waals surface area contributed by atoms with Gasteiger partial charge in [-0.2, -0.15) is 0 Å². The number of rotatable bonds is 2. The van der Waals surface area contributed by atoms with Crippen molar-refractivity contribution in [2.75, 3.05) is 19.6 Å². The van der Waals surface area contributed by atoms with Gasteiger partial charge in [0.05, 0.1) is 16.9 Å². The zero-order chi connectivity index (χ0) is 14.3. The van der Waals surface area contributed by atoms with Gasteiger partial charge in [0.2, 0.25) is 0 Å². The minimum Gasteiger partial charge on any atom is -0.306 e. The number of fused-ring (bicyclic) bond motifs is 1. The Morgan fingerprint density at radius 3 is 2.85 bits per heavy atom. The molecule has 1 unspecified atom stereocenters. The van der Waals surface area contributed by atoms with Crippen molar-refractivity contribution >= 4 is 10.9 Å². The van der Waals surface area contributed by atoms with E-state index < -0.39 is 0 Å². The molecule has 0 bridgehead atoms. The molecule has 1 fully saturated rings. The number of benzene rings is 1. The molecular formula is C15H19N3O2. The van der Waals surface area contributed by atoms with Crippen LogP contribution in [0.3, 0.4) is 0 Å². The third-order valence-corrected chi connectivity index (χ3v) is 4.23. The van der Waals surface area contributed by atoms with E-state index in [0.717, 1.165) is 31.6 Å². The number of hydrogen-bond acceptors (Lipinski definition) is 3. The van der Waals surface area contributed by atoms with E-state index in [1.165, 1.54) is 4.57 Å². The van der Waals surface area contributed by atoms with Crippen molar-refractivity contribution in [2.24, 2.45) is 0 Å². The zero-order valence-corrected chi connectivity index (χ0v) is 11.8. The molecule has 5 heteroatoms.